The van der Waals surface area contributed by atoms with Gasteiger partial charge in [-0.1, -0.05) is 23.7 Å². The van der Waals surface area contributed by atoms with Crippen LogP contribution in [0.2, 0.25) is 5.15 Å². The lowest BCUT2D eigenvalue weighted by Gasteiger charge is -2.09. The fraction of sp³-hybridized carbons (Fsp3) is 0.154. The minimum absolute atomic E-state index is 0.0122. The first-order chi connectivity index (χ1) is 10.8. The Morgan fingerprint density at radius 1 is 1.17 bits per heavy atom. The zero-order valence-electron chi connectivity index (χ0n) is 11.4. The number of nitrogen functional groups attached to an aromatic ring is 1. The van der Waals surface area contributed by atoms with Gasteiger partial charge in [-0.3, -0.25) is 0 Å². The Bertz CT molecular complexity index is 847. The molecule has 0 radical (unpaired) electrons. The van der Waals surface area contributed by atoms with Crippen LogP contribution in [0.25, 0.3) is 11.0 Å². The van der Waals surface area contributed by atoms with Gasteiger partial charge in [0.25, 0.3) is 0 Å². The molecule has 3 aromatic rings. The van der Waals surface area contributed by atoms with Crippen molar-refractivity contribution in [1.29, 1.82) is 0 Å². The first-order valence-electron chi connectivity index (χ1n) is 6.31. The van der Waals surface area contributed by atoms with Crippen LogP contribution in [0.1, 0.15) is 5.56 Å². The molecule has 0 amide bonds. The number of rotatable bonds is 3. The lowest BCUT2D eigenvalue weighted by atomic mass is 10.2. The maximum absolute atomic E-state index is 12.1. The highest BCUT2D eigenvalue weighted by atomic mass is 35.5. The second-order valence-corrected chi connectivity index (χ2v) is 4.96. The number of hydrogen-bond acceptors (Lipinski definition) is 5. The lowest BCUT2D eigenvalue weighted by molar-refractivity contribution is -0.274. The lowest BCUT2D eigenvalue weighted by Crippen LogP contribution is -2.17. The van der Waals surface area contributed by atoms with E-state index in [4.69, 9.17) is 17.3 Å². The fourth-order valence-electron chi connectivity index (χ4n) is 2.02. The normalized spacial score (nSPS) is 11.8. The average molecular weight is 344 g/mol. The highest BCUT2D eigenvalue weighted by Gasteiger charge is 2.30. The zero-order valence-corrected chi connectivity index (χ0v) is 12.1. The van der Waals surface area contributed by atoms with E-state index in [1.807, 2.05) is 0 Å². The Morgan fingerprint density at radius 2 is 1.87 bits per heavy atom. The van der Waals surface area contributed by atoms with Crippen LogP contribution in [0, 0.1) is 0 Å². The quantitative estimate of drug-likeness (QED) is 0.739. The van der Waals surface area contributed by atoms with E-state index in [2.05, 4.69) is 19.8 Å². The molecule has 0 aliphatic heterocycles. The van der Waals surface area contributed by atoms with Gasteiger partial charge in [0.05, 0.1) is 18.1 Å². The molecule has 2 aromatic heterocycles. The molecular formula is C13H9ClF3N5O. The van der Waals surface area contributed by atoms with Crippen LogP contribution in [0.15, 0.2) is 30.5 Å². The standard InChI is InChI=1S/C13H9ClF3N5O/c14-10-9-5-19-22(11(9)21-12(18)20-10)6-7-1-3-8(4-2-7)23-13(15,16)17/h1-5H,6H2,(H2,18,20,21). The van der Waals surface area contributed by atoms with Gasteiger partial charge in [-0.25, -0.2) is 9.67 Å². The molecule has 0 saturated heterocycles. The minimum Gasteiger partial charge on any atom is -0.406 e. The molecule has 1 aromatic carbocycles. The molecule has 3 rings (SSSR count). The number of nitrogens with two attached hydrogens (primary N) is 1. The van der Waals surface area contributed by atoms with Crippen LogP contribution in [0.5, 0.6) is 5.75 Å². The van der Waals surface area contributed by atoms with E-state index in [1.54, 1.807) is 0 Å². The fourth-order valence-corrected chi connectivity index (χ4v) is 2.24. The molecule has 0 unspecified atom stereocenters. The first-order valence-corrected chi connectivity index (χ1v) is 6.69. The summed E-state index contributed by atoms with van der Waals surface area (Å²) in [4.78, 5) is 7.89. The van der Waals surface area contributed by atoms with Gasteiger partial charge in [-0.2, -0.15) is 10.1 Å². The summed E-state index contributed by atoms with van der Waals surface area (Å²) in [5.74, 6) is -0.278. The summed E-state index contributed by atoms with van der Waals surface area (Å²) in [7, 11) is 0. The number of benzene rings is 1. The van der Waals surface area contributed by atoms with Crippen molar-refractivity contribution in [3.05, 3.63) is 41.2 Å². The van der Waals surface area contributed by atoms with Gasteiger partial charge in [0.15, 0.2) is 5.65 Å². The van der Waals surface area contributed by atoms with E-state index in [9.17, 15) is 13.2 Å². The number of halogens is 4. The Balaban J connectivity index is 1.85. The van der Waals surface area contributed by atoms with E-state index >= 15 is 0 Å². The van der Waals surface area contributed by atoms with Gasteiger partial charge in [0, 0.05) is 0 Å². The van der Waals surface area contributed by atoms with Crippen molar-refractivity contribution in [1.82, 2.24) is 19.7 Å². The van der Waals surface area contributed by atoms with Crippen molar-refractivity contribution in [2.24, 2.45) is 0 Å². The van der Waals surface area contributed by atoms with Gasteiger partial charge in [-0.15, -0.1) is 13.2 Å². The third-order valence-corrected chi connectivity index (χ3v) is 3.24. The molecule has 0 spiro atoms. The van der Waals surface area contributed by atoms with Crippen molar-refractivity contribution in [3.63, 3.8) is 0 Å². The number of ether oxygens (including phenoxy) is 1. The number of anilines is 1. The summed E-state index contributed by atoms with van der Waals surface area (Å²) in [5.41, 5.74) is 6.70. The van der Waals surface area contributed by atoms with E-state index < -0.39 is 6.36 Å². The molecule has 120 valence electrons. The monoisotopic (exact) mass is 343 g/mol. The van der Waals surface area contributed by atoms with E-state index in [0.717, 1.165) is 0 Å². The molecular weight excluding hydrogens is 335 g/mol. The molecule has 0 atom stereocenters. The van der Waals surface area contributed by atoms with Crippen molar-refractivity contribution in [2.75, 3.05) is 5.73 Å². The zero-order chi connectivity index (χ0) is 16.6. The van der Waals surface area contributed by atoms with E-state index in [0.29, 0.717) is 16.6 Å². The average Bonchev–Trinajstić information content (AvgIpc) is 2.83. The Labute approximate surface area is 132 Å². The SMILES string of the molecule is Nc1nc(Cl)c2cnn(Cc3ccc(OC(F)(F)F)cc3)c2n1. The molecule has 0 saturated carbocycles. The van der Waals surface area contributed by atoms with Crippen LogP contribution < -0.4 is 10.5 Å². The van der Waals surface area contributed by atoms with Crippen LogP contribution in [0.4, 0.5) is 19.1 Å². The minimum atomic E-state index is -4.72. The molecule has 6 nitrogen and oxygen atoms in total. The van der Waals surface area contributed by atoms with Crippen molar-refractivity contribution >= 4 is 28.6 Å². The summed E-state index contributed by atoms with van der Waals surface area (Å²) in [5, 5.41) is 4.86. The second kappa shape index (κ2) is 5.58. The smallest absolute Gasteiger partial charge is 0.406 e. The van der Waals surface area contributed by atoms with Crippen molar-refractivity contribution < 1.29 is 17.9 Å². The van der Waals surface area contributed by atoms with Crippen LogP contribution in [-0.2, 0) is 6.54 Å². The molecule has 2 heterocycles. The van der Waals surface area contributed by atoms with Gasteiger partial charge < -0.3 is 10.5 Å². The number of fused-ring (bicyclic) bond motifs is 1. The summed E-state index contributed by atoms with van der Waals surface area (Å²) in [6.07, 6.45) is -3.22. The summed E-state index contributed by atoms with van der Waals surface area (Å²) in [6.45, 7) is 0.280. The molecule has 23 heavy (non-hydrogen) atoms. The summed E-state index contributed by atoms with van der Waals surface area (Å²) >= 11 is 5.95. The Kier molecular flexibility index (Phi) is 3.72. The highest BCUT2D eigenvalue weighted by molar-refractivity contribution is 6.34. The predicted octanol–water partition coefficient (Wildman–Crippen LogP) is 3.01. The number of nitrogens with zero attached hydrogens (tertiary/aromatic N) is 4. The maximum atomic E-state index is 12.1. The molecule has 0 aliphatic carbocycles. The molecule has 0 aliphatic rings. The van der Waals surface area contributed by atoms with Gasteiger partial charge in [0.1, 0.15) is 10.9 Å². The predicted molar refractivity (Wildman–Crippen MR) is 77.0 cm³/mol. The maximum Gasteiger partial charge on any atom is 0.573 e. The number of aromatic nitrogens is 4. The molecule has 0 fully saturated rings. The van der Waals surface area contributed by atoms with Gasteiger partial charge in [-0.05, 0) is 17.7 Å². The molecule has 2 N–H and O–H groups in total. The van der Waals surface area contributed by atoms with Crippen molar-refractivity contribution in [2.45, 2.75) is 12.9 Å². The largest absolute Gasteiger partial charge is 0.573 e. The molecule has 0 bridgehead atoms. The first kappa shape index (κ1) is 15.3. The summed E-state index contributed by atoms with van der Waals surface area (Å²) < 4.78 is 41.7. The summed E-state index contributed by atoms with van der Waals surface area (Å²) in [6, 6.07) is 5.46. The van der Waals surface area contributed by atoms with Crippen molar-refractivity contribution in [3.8, 4) is 5.75 Å². The van der Waals surface area contributed by atoms with E-state index in [-0.39, 0.29) is 23.4 Å². The third kappa shape index (κ3) is 3.45. The van der Waals surface area contributed by atoms with Gasteiger partial charge >= 0.3 is 6.36 Å². The van der Waals surface area contributed by atoms with Crippen LogP contribution in [0.3, 0.4) is 0 Å². The topological polar surface area (TPSA) is 78.8 Å². The van der Waals surface area contributed by atoms with Crippen LogP contribution >= 0.6 is 11.6 Å². The second-order valence-electron chi connectivity index (χ2n) is 4.60. The molecule has 10 heteroatoms. The Hall–Kier alpha value is -2.55. The number of alkyl halides is 3. The number of hydrogen-bond donors (Lipinski definition) is 1. The van der Waals surface area contributed by atoms with Gasteiger partial charge in [0.2, 0.25) is 5.95 Å². The Morgan fingerprint density at radius 3 is 2.52 bits per heavy atom. The van der Waals surface area contributed by atoms with E-state index in [1.165, 1.54) is 35.1 Å². The third-order valence-electron chi connectivity index (χ3n) is 2.96. The highest BCUT2D eigenvalue weighted by Crippen LogP contribution is 2.24. The van der Waals surface area contributed by atoms with Crippen LogP contribution in [-0.4, -0.2) is 26.1 Å².